The Hall–Kier alpha value is -3.41. The summed E-state index contributed by atoms with van der Waals surface area (Å²) >= 11 is 0. The quantitative estimate of drug-likeness (QED) is 0.622. The minimum absolute atomic E-state index is 0.261. The molecule has 0 saturated carbocycles. The van der Waals surface area contributed by atoms with Gasteiger partial charge < -0.3 is 10.4 Å². The van der Waals surface area contributed by atoms with E-state index in [1.807, 2.05) is 48.9 Å². The Kier molecular flexibility index (Phi) is 5.40. The molecule has 2 atom stereocenters. The van der Waals surface area contributed by atoms with Crippen molar-refractivity contribution in [3.8, 4) is 0 Å². The minimum Gasteiger partial charge on any atom is -0.481 e. The maximum absolute atomic E-state index is 12.9. The Morgan fingerprint density at radius 3 is 2.53 bits per heavy atom. The van der Waals surface area contributed by atoms with Gasteiger partial charge in [-0.2, -0.15) is 5.10 Å². The molecule has 0 radical (unpaired) electrons. The van der Waals surface area contributed by atoms with Gasteiger partial charge in [-0.3, -0.25) is 14.3 Å². The lowest BCUT2D eigenvalue weighted by atomic mass is 9.82. The Morgan fingerprint density at radius 1 is 1.07 bits per heavy atom. The number of allylic oxidation sites excluding steroid dienone is 2. The first-order valence-electron chi connectivity index (χ1n) is 10.1. The van der Waals surface area contributed by atoms with Gasteiger partial charge in [0.05, 0.1) is 35.5 Å². The number of aliphatic carboxylic acids is 1. The first-order chi connectivity index (χ1) is 14.5. The number of amides is 1. The summed E-state index contributed by atoms with van der Waals surface area (Å²) in [6.45, 7) is 4.38. The molecule has 154 valence electrons. The van der Waals surface area contributed by atoms with Crippen LogP contribution in [0.25, 0.3) is 10.8 Å². The molecule has 2 N–H and O–H groups in total. The smallest absolute Gasteiger partial charge is 0.307 e. The van der Waals surface area contributed by atoms with Gasteiger partial charge >= 0.3 is 5.97 Å². The van der Waals surface area contributed by atoms with Gasteiger partial charge in [-0.25, -0.2) is 0 Å². The van der Waals surface area contributed by atoms with Crippen molar-refractivity contribution in [3.05, 3.63) is 71.6 Å². The number of carboxylic acid groups (broad SMARTS) is 1. The molecule has 1 heterocycles. The molecular formula is C24H25N3O3. The maximum Gasteiger partial charge on any atom is 0.307 e. The fraction of sp³-hybridized carbons (Fsp3) is 0.292. The largest absolute Gasteiger partial charge is 0.481 e. The van der Waals surface area contributed by atoms with E-state index in [4.69, 9.17) is 0 Å². The number of carbonyl (C=O) groups is 2. The van der Waals surface area contributed by atoms with E-state index >= 15 is 0 Å². The van der Waals surface area contributed by atoms with Crippen LogP contribution in [0, 0.1) is 25.7 Å². The van der Waals surface area contributed by atoms with Crippen LogP contribution in [0.3, 0.4) is 0 Å². The molecule has 6 heteroatoms. The topological polar surface area (TPSA) is 84.2 Å². The molecule has 0 fully saturated rings. The standard InChI is InChI=1S/C24H25N3O3/c1-15-22(25-23(28)20-12-5-6-13-21(20)24(29)30)16(2)27(26-15)14-18-10-7-9-17-8-3-4-11-19(17)18/h3-11,20-21H,12-14H2,1-2H3,(H,25,28)(H,29,30)/t20-,21-/m1/s1. The van der Waals surface area contributed by atoms with Crippen molar-refractivity contribution in [2.75, 3.05) is 5.32 Å². The second-order valence-electron chi connectivity index (χ2n) is 7.83. The lowest BCUT2D eigenvalue weighted by Crippen LogP contribution is -2.35. The van der Waals surface area contributed by atoms with Crippen LogP contribution in [0.5, 0.6) is 0 Å². The second-order valence-corrected chi connectivity index (χ2v) is 7.83. The Morgan fingerprint density at radius 2 is 1.77 bits per heavy atom. The number of nitrogens with zero attached hydrogens (tertiary/aromatic N) is 2. The van der Waals surface area contributed by atoms with E-state index in [0.717, 1.165) is 17.0 Å². The third kappa shape index (κ3) is 3.73. The number of hydrogen-bond acceptors (Lipinski definition) is 3. The summed E-state index contributed by atoms with van der Waals surface area (Å²) < 4.78 is 1.89. The van der Waals surface area contributed by atoms with Crippen molar-refractivity contribution in [3.63, 3.8) is 0 Å². The number of aryl methyl sites for hydroxylation is 1. The van der Waals surface area contributed by atoms with E-state index in [9.17, 15) is 14.7 Å². The van der Waals surface area contributed by atoms with Crippen molar-refractivity contribution in [2.24, 2.45) is 11.8 Å². The highest BCUT2D eigenvalue weighted by Crippen LogP contribution is 2.29. The van der Waals surface area contributed by atoms with Crippen LogP contribution in [0.15, 0.2) is 54.6 Å². The van der Waals surface area contributed by atoms with Gasteiger partial charge in [0.25, 0.3) is 0 Å². The highest BCUT2D eigenvalue weighted by molar-refractivity contribution is 5.96. The maximum atomic E-state index is 12.9. The fourth-order valence-electron chi connectivity index (χ4n) is 4.22. The number of aromatic nitrogens is 2. The molecule has 0 spiro atoms. The van der Waals surface area contributed by atoms with Gasteiger partial charge in [0.1, 0.15) is 0 Å². The van der Waals surface area contributed by atoms with Gasteiger partial charge in [0, 0.05) is 0 Å². The zero-order chi connectivity index (χ0) is 21.3. The van der Waals surface area contributed by atoms with Crippen LogP contribution in [-0.2, 0) is 16.1 Å². The molecular weight excluding hydrogens is 378 g/mol. The normalized spacial score (nSPS) is 18.5. The highest BCUT2D eigenvalue weighted by Gasteiger charge is 2.34. The molecule has 6 nitrogen and oxygen atoms in total. The van der Waals surface area contributed by atoms with Crippen LogP contribution < -0.4 is 5.32 Å². The number of fused-ring (bicyclic) bond motifs is 1. The average Bonchev–Trinajstić information content (AvgIpc) is 3.01. The zero-order valence-electron chi connectivity index (χ0n) is 17.1. The Balaban J connectivity index is 1.59. The van der Waals surface area contributed by atoms with Crippen molar-refractivity contribution in [1.29, 1.82) is 0 Å². The summed E-state index contributed by atoms with van der Waals surface area (Å²) in [6.07, 6.45) is 4.53. The van der Waals surface area contributed by atoms with E-state index in [2.05, 4.69) is 34.7 Å². The predicted octanol–water partition coefficient (Wildman–Crippen LogP) is 4.31. The van der Waals surface area contributed by atoms with Crippen molar-refractivity contribution in [2.45, 2.75) is 33.2 Å². The van der Waals surface area contributed by atoms with Crippen LogP contribution in [0.4, 0.5) is 5.69 Å². The monoisotopic (exact) mass is 403 g/mol. The molecule has 0 unspecified atom stereocenters. The van der Waals surface area contributed by atoms with Gasteiger partial charge in [-0.1, -0.05) is 54.6 Å². The van der Waals surface area contributed by atoms with Crippen molar-refractivity contribution < 1.29 is 14.7 Å². The summed E-state index contributed by atoms with van der Waals surface area (Å²) in [6, 6.07) is 14.4. The lowest BCUT2D eigenvalue weighted by Gasteiger charge is -2.24. The molecule has 0 saturated heterocycles. The van der Waals surface area contributed by atoms with Gasteiger partial charge in [0.2, 0.25) is 5.91 Å². The fourth-order valence-corrected chi connectivity index (χ4v) is 4.22. The number of carbonyl (C=O) groups excluding carboxylic acids is 1. The van der Waals surface area contributed by atoms with Gasteiger partial charge in [0.15, 0.2) is 0 Å². The third-order valence-corrected chi connectivity index (χ3v) is 5.92. The van der Waals surface area contributed by atoms with Crippen LogP contribution >= 0.6 is 0 Å². The lowest BCUT2D eigenvalue weighted by molar-refractivity contribution is -0.146. The Bertz CT molecular complexity index is 1140. The first-order valence-corrected chi connectivity index (χ1v) is 10.1. The highest BCUT2D eigenvalue weighted by atomic mass is 16.4. The molecule has 1 aliphatic carbocycles. The summed E-state index contributed by atoms with van der Waals surface area (Å²) in [4.78, 5) is 24.4. The molecule has 30 heavy (non-hydrogen) atoms. The van der Waals surface area contributed by atoms with Crippen LogP contribution in [-0.4, -0.2) is 26.8 Å². The first kappa shape index (κ1) is 19.9. The molecule has 0 bridgehead atoms. The Labute approximate surface area is 175 Å². The summed E-state index contributed by atoms with van der Waals surface area (Å²) in [5.74, 6) is -2.46. The predicted molar refractivity (Wildman–Crippen MR) is 116 cm³/mol. The molecule has 1 aromatic heterocycles. The number of anilines is 1. The van der Waals surface area contributed by atoms with E-state index in [1.54, 1.807) is 0 Å². The number of hydrogen-bond donors (Lipinski definition) is 2. The van der Waals surface area contributed by atoms with Crippen LogP contribution in [0.2, 0.25) is 0 Å². The van der Waals surface area contributed by atoms with E-state index < -0.39 is 17.8 Å². The number of nitrogens with one attached hydrogen (secondary N) is 1. The molecule has 4 rings (SSSR count). The number of benzene rings is 2. The number of rotatable bonds is 5. The van der Waals surface area contributed by atoms with Gasteiger partial charge in [-0.15, -0.1) is 0 Å². The van der Waals surface area contributed by atoms with Crippen LogP contribution in [0.1, 0.15) is 29.8 Å². The van der Waals surface area contributed by atoms with Gasteiger partial charge in [-0.05, 0) is 43.0 Å². The zero-order valence-corrected chi connectivity index (χ0v) is 17.1. The SMILES string of the molecule is Cc1nn(Cc2cccc3ccccc23)c(C)c1NC(=O)[C@@H]1CC=CC[C@H]1C(=O)O. The molecule has 3 aromatic rings. The molecule has 1 aliphatic rings. The van der Waals surface area contributed by atoms with Crippen molar-refractivity contribution >= 4 is 28.3 Å². The summed E-state index contributed by atoms with van der Waals surface area (Å²) in [7, 11) is 0. The van der Waals surface area contributed by atoms with Crippen molar-refractivity contribution in [1.82, 2.24) is 9.78 Å². The molecule has 2 aromatic carbocycles. The van der Waals surface area contributed by atoms with E-state index in [1.165, 1.54) is 10.8 Å². The second kappa shape index (κ2) is 8.14. The summed E-state index contributed by atoms with van der Waals surface area (Å²) in [5, 5.41) is 19.4. The summed E-state index contributed by atoms with van der Waals surface area (Å²) in [5.41, 5.74) is 3.39. The van der Waals surface area contributed by atoms with E-state index in [-0.39, 0.29) is 5.91 Å². The number of carboxylic acids is 1. The molecule has 1 amide bonds. The molecule has 0 aliphatic heterocycles. The minimum atomic E-state index is -0.931. The average molecular weight is 403 g/mol. The third-order valence-electron chi connectivity index (χ3n) is 5.92. The van der Waals surface area contributed by atoms with E-state index in [0.29, 0.717) is 25.1 Å².